The van der Waals surface area contributed by atoms with Gasteiger partial charge in [-0.05, 0) is 82.9 Å². The van der Waals surface area contributed by atoms with Crippen molar-refractivity contribution in [1.29, 1.82) is 0 Å². The van der Waals surface area contributed by atoms with Crippen molar-refractivity contribution in [1.82, 2.24) is 9.97 Å². The van der Waals surface area contributed by atoms with Crippen LogP contribution in [0.25, 0.3) is 10.2 Å². The van der Waals surface area contributed by atoms with Crippen LogP contribution in [0, 0.1) is 6.92 Å². The van der Waals surface area contributed by atoms with Crippen LogP contribution in [0.1, 0.15) is 80.4 Å². The Morgan fingerprint density at radius 1 is 1.07 bits per heavy atom. The topological polar surface area (TPSA) is 55.3 Å². The maximum atomic E-state index is 12.9. The Bertz CT molecular complexity index is 868. The molecule has 2 atom stereocenters. The summed E-state index contributed by atoms with van der Waals surface area (Å²) in [6, 6.07) is 0.768. The summed E-state index contributed by atoms with van der Waals surface area (Å²) in [5.74, 6) is 0.634. The van der Waals surface area contributed by atoms with E-state index in [0.717, 1.165) is 60.1 Å². The van der Waals surface area contributed by atoms with Crippen LogP contribution in [0.5, 0.6) is 0 Å². The Morgan fingerprint density at radius 2 is 1.75 bits per heavy atom. The smallest absolute Gasteiger partial charge is 0.348 e. The summed E-state index contributed by atoms with van der Waals surface area (Å²) in [5, 5.41) is 1.19. The number of nitrogens with zero attached hydrogens (tertiary/aromatic N) is 3. The summed E-state index contributed by atoms with van der Waals surface area (Å²) in [6.45, 7) is 6.45. The zero-order chi connectivity index (χ0) is 19.8. The van der Waals surface area contributed by atoms with E-state index in [9.17, 15) is 4.79 Å². The van der Waals surface area contributed by atoms with Crippen molar-refractivity contribution in [3.63, 3.8) is 0 Å². The number of aromatic nitrogens is 2. The lowest BCUT2D eigenvalue weighted by atomic mass is 9.97. The van der Waals surface area contributed by atoms with Gasteiger partial charge in [-0.15, -0.1) is 11.3 Å². The third-order valence-corrected chi connectivity index (χ3v) is 7.53. The zero-order valence-corrected chi connectivity index (χ0v) is 18.4. The van der Waals surface area contributed by atoms with Crippen LogP contribution in [0.3, 0.4) is 0 Å². The minimum atomic E-state index is -0.228. The molecule has 2 fully saturated rings. The summed E-state index contributed by atoms with van der Waals surface area (Å²) in [7, 11) is 0. The van der Waals surface area contributed by atoms with Gasteiger partial charge in [0, 0.05) is 12.1 Å². The van der Waals surface area contributed by atoms with Crippen LogP contribution in [0.4, 0.5) is 5.82 Å². The third kappa shape index (κ3) is 3.73. The van der Waals surface area contributed by atoms with E-state index < -0.39 is 0 Å². The highest BCUT2D eigenvalue weighted by Crippen LogP contribution is 2.40. The Morgan fingerprint density at radius 3 is 2.43 bits per heavy atom. The van der Waals surface area contributed by atoms with Crippen LogP contribution < -0.4 is 4.90 Å². The molecular formula is C21H28ClN3O2S. The second kappa shape index (κ2) is 8.15. The molecule has 1 aliphatic carbocycles. The third-order valence-electron chi connectivity index (χ3n) is 6.19. The number of thiophene rings is 1. The van der Waals surface area contributed by atoms with Crippen molar-refractivity contribution in [3.8, 4) is 0 Å². The number of hydrogen-bond donors (Lipinski definition) is 0. The van der Waals surface area contributed by atoms with Crippen molar-refractivity contribution >= 4 is 44.9 Å². The molecule has 2 aromatic heterocycles. The number of ether oxygens (including phenoxy) is 1. The van der Waals surface area contributed by atoms with Crippen LogP contribution >= 0.6 is 22.9 Å². The summed E-state index contributed by atoms with van der Waals surface area (Å²) in [5.41, 5.74) is 0.914. The number of hydrogen-bond acceptors (Lipinski definition) is 6. The molecule has 2 unspecified atom stereocenters. The van der Waals surface area contributed by atoms with Crippen LogP contribution in [0.15, 0.2) is 0 Å². The van der Waals surface area contributed by atoms with Crippen molar-refractivity contribution in [2.75, 3.05) is 4.90 Å². The number of halogens is 1. The lowest BCUT2D eigenvalue weighted by Gasteiger charge is -2.40. The zero-order valence-electron chi connectivity index (χ0n) is 16.8. The molecule has 1 saturated heterocycles. The first-order chi connectivity index (χ1) is 13.5. The molecular weight excluding hydrogens is 394 g/mol. The first kappa shape index (κ1) is 19.9. The molecule has 3 heterocycles. The number of carbonyl (C=O) groups excluding carboxylic acids is 1. The van der Waals surface area contributed by atoms with E-state index in [2.05, 4.69) is 28.7 Å². The summed E-state index contributed by atoms with van der Waals surface area (Å²) in [6.07, 6.45) is 8.98. The molecule has 1 aliphatic heterocycles. The number of fused-ring (bicyclic) bond motifs is 1. The van der Waals surface area contributed by atoms with E-state index in [1.165, 1.54) is 24.2 Å². The van der Waals surface area contributed by atoms with Gasteiger partial charge in [0.1, 0.15) is 21.6 Å². The molecule has 0 aromatic carbocycles. The minimum absolute atomic E-state index is 0.0437. The van der Waals surface area contributed by atoms with Gasteiger partial charge >= 0.3 is 5.97 Å². The first-order valence-corrected chi connectivity index (χ1v) is 11.6. The van der Waals surface area contributed by atoms with Gasteiger partial charge < -0.3 is 9.64 Å². The molecule has 2 aromatic rings. The average Bonchev–Trinajstić information content (AvgIpc) is 2.99. The minimum Gasteiger partial charge on any atom is -0.458 e. The molecule has 0 amide bonds. The molecule has 2 aliphatic rings. The van der Waals surface area contributed by atoms with Gasteiger partial charge in [0.25, 0.3) is 0 Å². The first-order valence-electron chi connectivity index (χ1n) is 10.4. The summed E-state index contributed by atoms with van der Waals surface area (Å²) < 4.78 is 5.82. The van der Waals surface area contributed by atoms with Gasteiger partial charge in [-0.3, -0.25) is 0 Å². The van der Waals surface area contributed by atoms with Crippen LogP contribution in [0.2, 0.25) is 5.28 Å². The largest absolute Gasteiger partial charge is 0.458 e. The predicted molar refractivity (Wildman–Crippen MR) is 115 cm³/mol. The van der Waals surface area contributed by atoms with Crippen molar-refractivity contribution in [2.45, 2.75) is 90.3 Å². The standard InChI is InChI=1S/C21H28ClN3O2S/c1-12-8-7-9-13(2)25(12)18-16-14(3)17(28-19(16)24-21(22)23-18)20(26)27-15-10-5-4-6-11-15/h12-13,15H,4-11H2,1-3H3. The fourth-order valence-electron chi connectivity index (χ4n) is 4.70. The lowest BCUT2D eigenvalue weighted by molar-refractivity contribution is 0.0216. The monoisotopic (exact) mass is 421 g/mol. The van der Waals surface area contributed by atoms with Crippen LogP contribution in [-0.4, -0.2) is 34.1 Å². The second-order valence-electron chi connectivity index (χ2n) is 8.25. The second-order valence-corrected chi connectivity index (χ2v) is 9.59. The van der Waals surface area contributed by atoms with E-state index in [1.807, 2.05) is 6.92 Å². The highest BCUT2D eigenvalue weighted by atomic mass is 35.5. The van der Waals surface area contributed by atoms with Gasteiger partial charge in [0.05, 0.1) is 5.39 Å². The molecule has 0 radical (unpaired) electrons. The summed E-state index contributed by atoms with van der Waals surface area (Å²) in [4.78, 5) is 25.7. The van der Waals surface area contributed by atoms with Crippen molar-refractivity contribution in [3.05, 3.63) is 15.7 Å². The number of anilines is 1. The quantitative estimate of drug-likeness (QED) is 0.455. The molecule has 0 bridgehead atoms. The molecule has 0 N–H and O–H groups in total. The number of carbonyl (C=O) groups is 1. The van der Waals surface area contributed by atoms with Gasteiger partial charge in [0.2, 0.25) is 5.28 Å². The van der Waals surface area contributed by atoms with Gasteiger partial charge in [-0.25, -0.2) is 9.78 Å². The van der Waals surface area contributed by atoms with E-state index in [-0.39, 0.29) is 17.4 Å². The SMILES string of the molecule is Cc1c(C(=O)OC2CCCCC2)sc2nc(Cl)nc(N3C(C)CCCC3C)c12. The Hall–Kier alpha value is -1.40. The fourth-order valence-corrected chi connectivity index (χ4v) is 5.97. The molecule has 28 heavy (non-hydrogen) atoms. The Balaban J connectivity index is 1.73. The fraction of sp³-hybridized carbons (Fsp3) is 0.667. The molecule has 1 saturated carbocycles. The number of aryl methyl sites for hydroxylation is 1. The van der Waals surface area contributed by atoms with Gasteiger partial charge in [-0.2, -0.15) is 4.98 Å². The highest BCUT2D eigenvalue weighted by Gasteiger charge is 2.31. The number of rotatable bonds is 3. The molecule has 0 spiro atoms. The molecule has 152 valence electrons. The van der Waals surface area contributed by atoms with E-state index in [1.54, 1.807) is 0 Å². The van der Waals surface area contributed by atoms with E-state index >= 15 is 0 Å². The lowest BCUT2D eigenvalue weighted by Crippen LogP contribution is -2.44. The number of esters is 1. The van der Waals surface area contributed by atoms with E-state index in [4.69, 9.17) is 16.3 Å². The highest BCUT2D eigenvalue weighted by molar-refractivity contribution is 7.20. The van der Waals surface area contributed by atoms with Crippen molar-refractivity contribution < 1.29 is 9.53 Å². The Kier molecular flexibility index (Phi) is 5.79. The maximum Gasteiger partial charge on any atom is 0.348 e. The summed E-state index contributed by atoms with van der Waals surface area (Å²) >= 11 is 7.66. The van der Waals surface area contributed by atoms with Gasteiger partial charge in [0.15, 0.2) is 0 Å². The van der Waals surface area contributed by atoms with E-state index in [0.29, 0.717) is 17.0 Å². The predicted octanol–water partition coefficient (Wildman–Crippen LogP) is 5.91. The molecule has 7 heteroatoms. The van der Waals surface area contributed by atoms with Gasteiger partial charge in [-0.1, -0.05) is 6.42 Å². The number of piperidine rings is 1. The molecule has 4 rings (SSSR count). The normalized spacial score (nSPS) is 23.9. The van der Waals surface area contributed by atoms with Crippen molar-refractivity contribution in [2.24, 2.45) is 0 Å². The Labute approximate surface area is 175 Å². The van der Waals surface area contributed by atoms with Crippen LogP contribution in [-0.2, 0) is 4.74 Å². The molecule has 5 nitrogen and oxygen atoms in total. The maximum absolute atomic E-state index is 12.9. The average molecular weight is 422 g/mol.